The number of benzene rings is 2. The van der Waals surface area contributed by atoms with Crippen LogP contribution in [0.5, 0.6) is 0 Å². The average molecular weight is 351 g/mol. The van der Waals surface area contributed by atoms with Crippen LogP contribution in [0, 0.1) is 0 Å². The Hall–Kier alpha value is -0.830. The minimum absolute atomic E-state index is 0.440. The molecule has 0 saturated heterocycles. The SMILES string of the molecule is Clc1ccc(Br)cc1CNC1CCCc2ccccc21. The zero-order valence-electron chi connectivity index (χ0n) is 11.2. The third-order valence-corrected chi connectivity index (χ3v) is 4.78. The summed E-state index contributed by atoms with van der Waals surface area (Å²) in [4.78, 5) is 0. The van der Waals surface area contributed by atoms with E-state index in [9.17, 15) is 0 Å². The fourth-order valence-electron chi connectivity index (χ4n) is 2.88. The highest BCUT2D eigenvalue weighted by Crippen LogP contribution is 2.30. The molecule has 2 aromatic rings. The molecule has 0 spiro atoms. The van der Waals surface area contributed by atoms with Gasteiger partial charge in [0, 0.05) is 22.1 Å². The summed E-state index contributed by atoms with van der Waals surface area (Å²) >= 11 is 9.75. The van der Waals surface area contributed by atoms with Crippen LogP contribution in [0.3, 0.4) is 0 Å². The normalized spacial score (nSPS) is 17.8. The van der Waals surface area contributed by atoms with Gasteiger partial charge in [-0.05, 0) is 54.2 Å². The van der Waals surface area contributed by atoms with Crippen LogP contribution in [0.1, 0.15) is 35.6 Å². The van der Waals surface area contributed by atoms with E-state index in [0.29, 0.717) is 6.04 Å². The maximum absolute atomic E-state index is 6.25. The highest BCUT2D eigenvalue weighted by molar-refractivity contribution is 9.10. The summed E-state index contributed by atoms with van der Waals surface area (Å²) in [6.45, 7) is 0.803. The Morgan fingerprint density at radius 1 is 1.20 bits per heavy atom. The minimum Gasteiger partial charge on any atom is -0.306 e. The molecule has 0 saturated carbocycles. The summed E-state index contributed by atoms with van der Waals surface area (Å²) < 4.78 is 1.07. The molecule has 1 unspecified atom stereocenters. The van der Waals surface area contributed by atoms with Crippen molar-refractivity contribution in [3.63, 3.8) is 0 Å². The van der Waals surface area contributed by atoms with Crippen molar-refractivity contribution in [3.8, 4) is 0 Å². The predicted octanol–water partition coefficient (Wildman–Crippen LogP) is 5.27. The Labute approximate surface area is 133 Å². The molecule has 104 valence electrons. The van der Waals surface area contributed by atoms with Crippen LogP contribution in [0.4, 0.5) is 0 Å². The highest BCUT2D eigenvalue weighted by Gasteiger charge is 2.19. The Bertz CT molecular complexity index is 612. The second-order valence-electron chi connectivity index (χ2n) is 5.26. The number of aryl methyl sites for hydroxylation is 1. The lowest BCUT2D eigenvalue weighted by Gasteiger charge is -2.26. The van der Waals surface area contributed by atoms with E-state index in [1.807, 2.05) is 12.1 Å². The van der Waals surface area contributed by atoms with Crippen molar-refractivity contribution < 1.29 is 0 Å². The fourth-order valence-corrected chi connectivity index (χ4v) is 3.47. The molecule has 0 heterocycles. The molecule has 1 aliphatic carbocycles. The molecule has 2 aromatic carbocycles. The first-order valence-corrected chi connectivity index (χ1v) is 8.16. The van der Waals surface area contributed by atoms with Gasteiger partial charge in [0.25, 0.3) is 0 Å². The maximum atomic E-state index is 6.25. The smallest absolute Gasteiger partial charge is 0.0451 e. The van der Waals surface area contributed by atoms with E-state index in [-0.39, 0.29) is 0 Å². The Morgan fingerprint density at radius 2 is 2.05 bits per heavy atom. The zero-order valence-corrected chi connectivity index (χ0v) is 13.5. The van der Waals surface area contributed by atoms with Crippen molar-refractivity contribution in [1.82, 2.24) is 5.32 Å². The van der Waals surface area contributed by atoms with Gasteiger partial charge in [-0.3, -0.25) is 0 Å². The van der Waals surface area contributed by atoms with E-state index in [0.717, 1.165) is 21.6 Å². The van der Waals surface area contributed by atoms with Crippen molar-refractivity contribution in [3.05, 3.63) is 68.7 Å². The van der Waals surface area contributed by atoms with Gasteiger partial charge in [-0.1, -0.05) is 51.8 Å². The monoisotopic (exact) mass is 349 g/mol. The first kappa shape index (κ1) is 14.1. The third-order valence-electron chi connectivity index (χ3n) is 3.92. The van der Waals surface area contributed by atoms with Crippen molar-refractivity contribution in [2.24, 2.45) is 0 Å². The molecular formula is C17H17BrClN. The van der Waals surface area contributed by atoms with E-state index < -0.39 is 0 Å². The van der Waals surface area contributed by atoms with Gasteiger partial charge in [-0.2, -0.15) is 0 Å². The molecule has 0 aliphatic heterocycles. The van der Waals surface area contributed by atoms with Crippen LogP contribution in [0.25, 0.3) is 0 Å². The van der Waals surface area contributed by atoms with Gasteiger partial charge in [-0.15, -0.1) is 0 Å². The molecule has 3 heteroatoms. The van der Waals surface area contributed by atoms with Crippen LogP contribution in [0.15, 0.2) is 46.9 Å². The highest BCUT2D eigenvalue weighted by atomic mass is 79.9. The minimum atomic E-state index is 0.440. The summed E-state index contributed by atoms with van der Waals surface area (Å²) in [6.07, 6.45) is 3.65. The molecule has 1 nitrogen and oxygen atoms in total. The topological polar surface area (TPSA) is 12.0 Å². The summed E-state index contributed by atoms with van der Waals surface area (Å²) in [6, 6.07) is 15.2. The molecule has 1 atom stereocenters. The number of hydrogen-bond donors (Lipinski definition) is 1. The lowest BCUT2D eigenvalue weighted by molar-refractivity contribution is 0.459. The number of hydrogen-bond acceptors (Lipinski definition) is 1. The van der Waals surface area contributed by atoms with Gasteiger partial charge in [0.15, 0.2) is 0 Å². The molecule has 0 radical (unpaired) electrons. The standard InChI is InChI=1S/C17H17BrClN/c18-14-8-9-16(19)13(10-14)11-20-17-7-3-5-12-4-1-2-6-15(12)17/h1-2,4,6,8-10,17,20H,3,5,7,11H2. The van der Waals surface area contributed by atoms with Gasteiger partial charge in [0.05, 0.1) is 0 Å². The van der Waals surface area contributed by atoms with Gasteiger partial charge in [-0.25, -0.2) is 0 Å². The summed E-state index contributed by atoms with van der Waals surface area (Å²) in [7, 11) is 0. The van der Waals surface area contributed by atoms with Gasteiger partial charge < -0.3 is 5.32 Å². The Kier molecular flexibility index (Phi) is 4.45. The van der Waals surface area contributed by atoms with E-state index in [1.54, 1.807) is 0 Å². The summed E-state index contributed by atoms with van der Waals surface area (Å²) in [5.41, 5.74) is 4.07. The molecule has 0 aromatic heterocycles. The van der Waals surface area contributed by atoms with Crippen LogP contribution in [-0.4, -0.2) is 0 Å². The third kappa shape index (κ3) is 3.08. The molecule has 1 aliphatic rings. The fraction of sp³-hybridized carbons (Fsp3) is 0.294. The number of fused-ring (bicyclic) bond motifs is 1. The van der Waals surface area contributed by atoms with Crippen LogP contribution >= 0.6 is 27.5 Å². The van der Waals surface area contributed by atoms with Crippen molar-refractivity contribution in [2.75, 3.05) is 0 Å². The summed E-state index contributed by atoms with van der Waals surface area (Å²) in [5, 5.41) is 4.48. The second kappa shape index (κ2) is 6.30. The summed E-state index contributed by atoms with van der Waals surface area (Å²) in [5.74, 6) is 0. The maximum Gasteiger partial charge on any atom is 0.0451 e. The lowest BCUT2D eigenvalue weighted by atomic mass is 9.87. The van der Waals surface area contributed by atoms with Crippen molar-refractivity contribution in [2.45, 2.75) is 31.8 Å². The molecule has 0 amide bonds. The lowest BCUT2D eigenvalue weighted by Crippen LogP contribution is -2.24. The van der Waals surface area contributed by atoms with E-state index in [4.69, 9.17) is 11.6 Å². The van der Waals surface area contributed by atoms with Crippen molar-refractivity contribution >= 4 is 27.5 Å². The number of rotatable bonds is 3. The first-order valence-electron chi connectivity index (χ1n) is 6.99. The van der Waals surface area contributed by atoms with Gasteiger partial charge in [0.1, 0.15) is 0 Å². The molecular weight excluding hydrogens is 334 g/mol. The first-order chi connectivity index (χ1) is 9.74. The Balaban J connectivity index is 1.75. The van der Waals surface area contributed by atoms with E-state index in [1.165, 1.54) is 30.4 Å². The molecule has 1 N–H and O–H groups in total. The molecule has 0 fully saturated rings. The molecule has 20 heavy (non-hydrogen) atoms. The molecule has 3 rings (SSSR count). The van der Waals surface area contributed by atoms with Crippen LogP contribution in [0.2, 0.25) is 5.02 Å². The number of halogens is 2. The van der Waals surface area contributed by atoms with Gasteiger partial charge >= 0.3 is 0 Å². The number of nitrogens with one attached hydrogen (secondary N) is 1. The zero-order chi connectivity index (χ0) is 13.9. The van der Waals surface area contributed by atoms with Crippen molar-refractivity contribution in [1.29, 1.82) is 0 Å². The predicted molar refractivity (Wildman–Crippen MR) is 88.1 cm³/mol. The largest absolute Gasteiger partial charge is 0.306 e. The van der Waals surface area contributed by atoms with Gasteiger partial charge in [0.2, 0.25) is 0 Å². The quantitative estimate of drug-likeness (QED) is 0.795. The average Bonchev–Trinajstić information content (AvgIpc) is 2.48. The Morgan fingerprint density at radius 3 is 2.95 bits per heavy atom. The van der Waals surface area contributed by atoms with Crippen LogP contribution < -0.4 is 5.32 Å². The van der Waals surface area contributed by atoms with E-state index in [2.05, 4.69) is 51.6 Å². The van der Waals surface area contributed by atoms with Crippen LogP contribution in [-0.2, 0) is 13.0 Å². The molecule has 0 bridgehead atoms. The second-order valence-corrected chi connectivity index (χ2v) is 6.58. The van der Waals surface area contributed by atoms with E-state index >= 15 is 0 Å².